The number of carbonyl (C=O) groups excluding carboxylic acids is 1. The number of sulfone groups is 1. The number of aldehydes is 1. The Morgan fingerprint density at radius 2 is 1.80 bits per heavy atom. The van der Waals surface area contributed by atoms with Gasteiger partial charge in [0, 0.05) is 12.7 Å². The summed E-state index contributed by atoms with van der Waals surface area (Å²) < 4.78 is 22.3. The zero-order chi connectivity index (χ0) is 11.3. The molecule has 0 fully saturated rings. The van der Waals surface area contributed by atoms with Gasteiger partial charge in [0.2, 0.25) is 0 Å². The Hall–Kier alpha value is -1.16. The fourth-order valence-corrected chi connectivity index (χ4v) is 1.92. The largest absolute Gasteiger partial charge is 0.303 e. The summed E-state index contributed by atoms with van der Waals surface area (Å²) in [6, 6.07) is 6.79. The van der Waals surface area contributed by atoms with Crippen LogP contribution < -0.4 is 0 Å². The fraction of sp³-hybridized carbons (Fsp3) is 0.364. The Bertz CT molecular complexity index is 418. The maximum Gasteiger partial charge on any atom is 0.175 e. The van der Waals surface area contributed by atoms with Crippen molar-refractivity contribution in [3.63, 3.8) is 0 Å². The minimum Gasteiger partial charge on any atom is -0.303 e. The first kappa shape index (κ1) is 11.9. The molecular formula is C11H14O3S. The Balaban J connectivity index is 2.69. The molecule has 0 aliphatic rings. The van der Waals surface area contributed by atoms with Crippen LogP contribution in [-0.2, 0) is 21.1 Å². The second-order valence-electron chi connectivity index (χ2n) is 3.48. The quantitative estimate of drug-likeness (QED) is 0.566. The van der Waals surface area contributed by atoms with Crippen LogP contribution in [0.1, 0.15) is 18.4 Å². The highest BCUT2D eigenvalue weighted by Gasteiger charge is 2.05. The molecule has 0 bridgehead atoms. The maximum absolute atomic E-state index is 11.2. The predicted molar refractivity (Wildman–Crippen MR) is 58.6 cm³/mol. The van der Waals surface area contributed by atoms with Crippen molar-refractivity contribution >= 4 is 16.1 Å². The minimum absolute atomic E-state index is 0.335. The third-order valence-electron chi connectivity index (χ3n) is 2.14. The van der Waals surface area contributed by atoms with Crippen LogP contribution in [0.3, 0.4) is 0 Å². The number of unbranched alkanes of at least 4 members (excludes halogenated alkanes) is 1. The molecule has 3 nitrogen and oxygen atoms in total. The number of hydrogen-bond donors (Lipinski definition) is 0. The summed E-state index contributed by atoms with van der Waals surface area (Å²) in [4.78, 5) is 10.4. The van der Waals surface area contributed by atoms with Crippen molar-refractivity contribution in [3.8, 4) is 0 Å². The average molecular weight is 226 g/mol. The molecule has 15 heavy (non-hydrogen) atoms. The third-order valence-corrected chi connectivity index (χ3v) is 3.27. The van der Waals surface area contributed by atoms with Gasteiger partial charge in [0.15, 0.2) is 9.84 Å². The molecule has 0 atom stereocenters. The average Bonchev–Trinajstić information content (AvgIpc) is 2.18. The van der Waals surface area contributed by atoms with Crippen molar-refractivity contribution < 1.29 is 13.2 Å². The van der Waals surface area contributed by atoms with Gasteiger partial charge in [-0.3, -0.25) is 0 Å². The molecule has 0 saturated carbocycles. The summed E-state index contributed by atoms with van der Waals surface area (Å²) in [5.74, 6) is 0. The van der Waals surface area contributed by atoms with Crippen LogP contribution >= 0.6 is 0 Å². The standard InChI is InChI=1S/C11H14O3S/c1-15(13,14)11-7-5-10(6-8-11)4-2-3-9-12/h5-9H,2-4H2,1H3. The van der Waals surface area contributed by atoms with Gasteiger partial charge < -0.3 is 4.79 Å². The molecule has 0 radical (unpaired) electrons. The van der Waals surface area contributed by atoms with E-state index < -0.39 is 9.84 Å². The van der Waals surface area contributed by atoms with Gasteiger partial charge >= 0.3 is 0 Å². The van der Waals surface area contributed by atoms with Crippen molar-refractivity contribution in [2.45, 2.75) is 24.2 Å². The highest BCUT2D eigenvalue weighted by Crippen LogP contribution is 2.11. The van der Waals surface area contributed by atoms with E-state index in [0.29, 0.717) is 11.3 Å². The number of carbonyl (C=O) groups is 1. The van der Waals surface area contributed by atoms with Crippen molar-refractivity contribution in [2.75, 3.05) is 6.26 Å². The van der Waals surface area contributed by atoms with E-state index >= 15 is 0 Å². The minimum atomic E-state index is -3.10. The smallest absolute Gasteiger partial charge is 0.175 e. The summed E-state index contributed by atoms with van der Waals surface area (Å²) in [5.41, 5.74) is 1.06. The van der Waals surface area contributed by atoms with Gasteiger partial charge in [-0.05, 0) is 30.5 Å². The van der Waals surface area contributed by atoms with Crippen LogP contribution in [0, 0.1) is 0 Å². The van der Waals surface area contributed by atoms with Gasteiger partial charge in [-0.25, -0.2) is 8.42 Å². The first-order valence-corrected chi connectivity index (χ1v) is 6.66. The Kier molecular flexibility index (Phi) is 4.03. The summed E-state index contributed by atoms with van der Waals surface area (Å²) in [6.07, 6.45) is 4.25. The van der Waals surface area contributed by atoms with Crippen LogP contribution in [-0.4, -0.2) is 21.0 Å². The van der Waals surface area contributed by atoms with E-state index in [0.717, 1.165) is 24.7 Å². The SMILES string of the molecule is CS(=O)(=O)c1ccc(CCCC=O)cc1. The number of aryl methyl sites for hydroxylation is 1. The van der Waals surface area contributed by atoms with Crippen LogP contribution in [0.2, 0.25) is 0 Å². The summed E-state index contributed by atoms with van der Waals surface area (Å²) >= 11 is 0. The number of hydrogen-bond acceptors (Lipinski definition) is 3. The lowest BCUT2D eigenvalue weighted by atomic mass is 10.1. The second-order valence-corrected chi connectivity index (χ2v) is 5.49. The molecule has 82 valence electrons. The van der Waals surface area contributed by atoms with E-state index in [1.165, 1.54) is 6.26 Å². The molecule has 0 N–H and O–H groups in total. The van der Waals surface area contributed by atoms with Gasteiger partial charge in [0.1, 0.15) is 6.29 Å². The first-order valence-electron chi connectivity index (χ1n) is 4.76. The van der Waals surface area contributed by atoms with E-state index in [1.807, 2.05) is 0 Å². The maximum atomic E-state index is 11.2. The fourth-order valence-electron chi connectivity index (χ4n) is 1.29. The Labute approximate surface area is 90.0 Å². The lowest BCUT2D eigenvalue weighted by Gasteiger charge is -2.01. The van der Waals surface area contributed by atoms with Crippen LogP contribution in [0.25, 0.3) is 0 Å². The summed E-state index contributed by atoms with van der Waals surface area (Å²) in [7, 11) is -3.10. The number of benzene rings is 1. The molecule has 0 aliphatic heterocycles. The van der Waals surface area contributed by atoms with Gasteiger partial charge in [0.25, 0.3) is 0 Å². The third kappa shape index (κ3) is 3.83. The van der Waals surface area contributed by atoms with Crippen molar-refractivity contribution in [3.05, 3.63) is 29.8 Å². The van der Waals surface area contributed by atoms with Crippen molar-refractivity contribution in [1.29, 1.82) is 0 Å². The molecule has 0 amide bonds. The predicted octanol–water partition coefficient (Wildman–Crippen LogP) is 1.61. The van der Waals surface area contributed by atoms with Gasteiger partial charge in [-0.1, -0.05) is 12.1 Å². The Morgan fingerprint density at radius 1 is 1.20 bits per heavy atom. The van der Waals surface area contributed by atoms with E-state index in [4.69, 9.17) is 0 Å². The lowest BCUT2D eigenvalue weighted by Crippen LogP contribution is -1.97. The highest BCUT2D eigenvalue weighted by molar-refractivity contribution is 7.90. The molecule has 0 saturated heterocycles. The molecule has 0 unspecified atom stereocenters. The Morgan fingerprint density at radius 3 is 2.27 bits per heavy atom. The van der Waals surface area contributed by atoms with E-state index in [9.17, 15) is 13.2 Å². The zero-order valence-electron chi connectivity index (χ0n) is 8.64. The highest BCUT2D eigenvalue weighted by atomic mass is 32.2. The summed E-state index contributed by atoms with van der Waals surface area (Å²) in [5, 5.41) is 0. The topological polar surface area (TPSA) is 51.2 Å². The lowest BCUT2D eigenvalue weighted by molar-refractivity contribution is -0.107. The monoisotopic (exact) mass is 226 g/mol. The van der Waals surface area contributed by atoms with Crippen LogP contribution in [0.4, 0.5) is 0 Å². The van der Waals surface area contributed by atoms with Crippen molar-refractivity contribution in [1.82, 2.24) is 0 Å². The molecule has 1 rings (SSSR count). The molecule has 0 aromatic heterocycles. The molecule has 0 spiro atoms. The normalized spacial score (nSPS) is 11.3. The van der Waals surface area contributed by atoms with E-state index in [-0.39, 0.29) is 0 Å². The second kappa shape index (κ2) is 5.07. The molecule has 1 aromatic rings. The molecular weight excluding hydrogens is 212 g/mol. The van der Waals surface area contributed by atoms with Crippen LogP contribution in [0.5, 0.6) is 0 Å². The zero-order valence-corrected chi connectivity index (χ0v) is 9.46. The first-order chi connectivity index (χ1) is 7.04. The summed E-state index contributed by atoms with van der Waals surface area (Å²) in [6.45, 7) is 0. The van der Waals surface area contributed by atoms with E-state index in [2.05, 4.69) is 0 Å². The van der Waals surface area contributed by atoms with Crippen LogP contribution in [0.15, 0.2) is 29.2 Å². The molecule has 0 heterocycles. The van der Waals surface area contributed by atoms with Gasteiger partial charge in [0.05, 0.1) is 4.90 Å². The number of rotatable bonds is 5. The molecule has 1 aromatic carbocycles. The molecule has 4 heteroatoms. The van der Waals surface area contributed by atoms with Crippen molar-refractivity contribution in [2.24, 2.45) is 0 Å². The molecule has 0 aliphatic carbocycles. The van der Waals surface area contributed by atoms with Gasteiger partial charge in [-0.2, -0.15) is 0 Å². The van der Waals surface area contributed by atoms with Gasteiger partial charge in [-0.15, -0.1) is 0 Å². The van der Waals surface area contributed by atoms with E-state index in [1.54, 1.807) is 24.3 Å².